The van der Waals surface area contributed by atoms with Crippen LogP contribution in [0.1, 0.15) is 47.0 Å². The number of nitrogens with one attached hydrogen (secondary N) is 1. The zero-order valence-electron chi connectivity index (χ0n) is 12.2. The Labute approximate surface area is 107 Å². The SMILES string of the molecule is CCNC1(CO)CCC(N(C)C(C)C(C)C)C1. The molecule has 17 heavy (non-hydrogen) atoms. The Balaban J connectivity index is 2.59. The second-order valence-electron chi connectivity index (χ2n) is 6.02. The lowest BCUT2D eigenvalue weighted by Crippen LogP contribution is -2.48. The van der Waals surface area contributed by atoms with Gasteiger partial charge in [-0.3, -0.25) is 0 Å². The molecule has 0 amide bonds. The van der Waals surface area contributed by atoms with Gasteiger partial charge in [-0.25, -0.2) is 0 Å². The molecule has 0 bridgehead atoms. The number of nitrogens with zero attached hydrogens (tertiary/aromatic N) is 1. The molecule has 1 saturated carbocycles. The topological polar surface area (TPSA) is 35.5 Å². The third-order valence-electron chi connectivity index (χ3n) is 4.62. The summed E-state index contributed by atoms with van der Waals surface area (Å²) < 4.78 is 0. The van der Waals surface area contributed by atoms with Gasteiger partial charge in [-0.15, -0.1) is 0 Å². The van der Waals surface area contributed by atoms with E-state index in [0.717, 1.165) is 19.4 Å². The van der Waals surface area contributed by atoms with Crippen LogP contribution in [0, 0.1) is 5.92 Å². The number of aliphatic hydroxyl groups excluding tert-OH is 1. The predicted molar refractivity (Wildman–Crippen MR) is 73.2 cm³/mol. The van der Waals surface area contributed by atoms with Crippen LogP contribution in [0.25, 0.3) is 0 Å². The van der Waals surface area contributed by atoms with Crippen molar-refractivity contribution in [1.29, 1.82) is 0 Å². The standard InChI is InChI=1S/C14H30N2O/c1-6-15-14(10-17)8-7-13(9-14)16(5)12(4)11(2)3/h11-13,15,17H,6-10H2,1-5H3. The van der Waals surface area contributed by atoms with Gasteiger partial charge in [0, 0.05) is 17.6 Å². The number of hydrogen-bond acceptors (Lipinski definition) is 3. The monoisotopic (exact) mass is 242 g/mol. The molecule has 1 fully saturated rings. The van der Waals surface area contributed by atoms with Gasteiger partial charge in [0.25, 0.3) is 0 Å². The molecule has 0 aromatic rings. The van der Waals surface area contributed by atoms with Crippen molar-refractivity contribution in [1.82, 2.24) is 10.2 Å². The van der Waals surface area contributed by atoms with Crippen LogP contribution in [0.5, 0.6) is 0 Å². The van der Waals surface area contributed by atoms with E-state index >= 15 is 0 Å². The molecule has 0 radical (unpaired) electrons. The van der Waals surface area contributed by atoms with E-state index in [1.54, 1.807) is 0 Å². The van der Waals surface area contributed by atoms with E-state index in [2.05, 4.69) is 45.0 Å². The van der Waals surface area contributed by atoms with E-state index in [-0.39, 0.29) is 12.1 Å². The highest BCUT2D eigenvalue weighted by Crippen LogP contribution is 2.33. The predicted octanol–water partition coefficient (Wildman–Crippen LogP) is 1.86. The van der Waals surface area contributed by atoms with Crippen LogP contribution in [0.4, 0.5) is 0 Å². The summed E-state index contributed by atoms with van der Waals surface area (Å²) in [5.74, 6) is 0.684. The lowest BCUT2D eigenvalue weighted by Gasteiger charge is -2.35. The Kier molecular flexibility index (Phi) is 5.42. The summed E-state index contributed by atoms with van der Waals surface area (Å²) in [5.41, 5.74) is -0.0234. The van der Waals surface area contributed by atoms with E-state index < -0.39 is 0 Å². The highest BCUT2D eigenvalue weighted by Gasteiger charge is 2.40. The molecular weight excluding hydrogens is 212 g/mol. The Hall–Kier alpha value is -0.120. The number of likely N-dealkylation sites (N-methyl/N-ethyl adjacent to an activating group) is 1. The second-order valence-corrected chi connectivity index (χ2v) is 6.02. The molecule has 1 aliphatic carbocycles. The summed E-state index contributed by atoms with van der Waals surface area (Å²) in [7, 11) is 2.23. The van der Waals surface area contributed by atoms with Gasteiger partial charge in [0.05, 0.1) is 6.61 Å². The number of rotatable bonds is 6. The maximum Gasteiger partial charge on any atom is 0.0613 e. The van der Waals surface area contributed by atoms with E-state index in [1.165, 1.54) is 6.42 Å². The van der Waals surface area contributed by atoms with Gasteiger partial charge in [0.2, 0.25) is 0 Å². The third-order valence-corrected chi connectivity index (χ3v) is 4.62. The van der Waals surface area contributed by atoms with Gasteiger partial charge in [0.15, 0.2) is 0 Å². The average molecular weight is 242 g/mol. The van der Waals surface area contributed by atoms with E-state index in [0.29, 0.717) is 18.0 Å². The smallest absolute Gasteiger partial charge is 0.0613 e. The van der Waals surface area contributed by atoms with E-state index in [4.69, 9.17) is 0 Å². The molecular formula is C14H30N2O. The van der Waals surface area contributed by atoms with Crippen LogP contribution in [0.3, 0.4) is 0 Å². The first kappa shape index (κ1) is 14.9. The van der Waals surface area contributed by atoms with E-state index in [1.807, 2.05) is 0 Å². The molecule has 3 atom stereocenters. The van der Waals surface area contributed by atoms with Crippen LogP contribution < -0.4 is 5.32 Å². The molecule has 0 spiro atoms. The first-order valence-corrected chi connectivity index (χ1v) is 7.03. The summed E-state index contributed by atoms with van der Waals surface area (Å²) >= 11 is 0. The van der Waals surface area contributed by atoms with Crippen molar-refractivity contribution in [2.24, 2.45) is 5.92 Å². The number of hydrogen-bond donors (Lipinski definition) is 2. The zero-order valence-corrected chi connectivity index (χ0v) is 12.2. The van der Waals surface area contributed by atoms with Crippen LogP contribution in [-0.4, -0.2) is 47.8 Å². The van der Waals surface area contributed by atoms with Gasteiger partial charge in [-0.2, -0.15) is 0 Å². The van der Waals surface area contributed by atoms with Crippen molar-refractivity contribution in [2.75, 3.05) is 20.2 Å². The molecule has 3 heteroatoms. The molecule has 3 unspecified atom stereocenters. The maximum absolute atomic E-state index is 9.61. The molecule has 0 aromatic carbocycles. The molecule has 1 rings (SSSR count). The largest absolute Gasteiger partial charge is 0.394 e. The third kappa shape index (κ3) is 3.43. The molecule has 102 valence electrons. The quantitative estimate of drug-likeness (QED) is 0.746. The Morgan fingerprint density at radius 2 is 2.06 bits per heavy atom. The lowest BCUT2D eigenvalue weighted by atomic mass is 9.97. The molecule has 0 aliphatic heterocycles. The Morgan fingerprint density at radius 3 is 2.53 bits per heavy atom. The highest BCUT2D eigenvalue weighted by molar-refractivity contribution is 4.99. The van der Waals surface area contributed by atoms with Crippen molar-refractivity contribution in [2.45, 2.75) is 64.6 Å². The molecule has 1 aliphatic rings. The maximum atomic E-state index is 9.61. The highest BCUT2D eigenvalue weighted by atomic mass is 16.3. The van der Waals surface area contributed by atoms with Gasteiger partial charge < -0.3 is 15.3 Å². The fourth-order valence-electron chi connectivity index (χ4n) is 2.98. The van der Waals surface area contributed by atoms with Crippen molar-refractivity contribution in [3.05, 3.63) is 0 Å². The van der Waals surface area contributed by atoms with Crippen molar-refractivity contribution < 1.29 is 5.11 Å². The summed E-state index contributed by atoms with van der Waals surface area (Å²) in [5, 5.41) is 13.1. The van der Waals surface area contributed by atoms with Crippen LogP contribution in [0.2, 0.25) is 0 Å². The van der Waals surface area contributed by atoms with Crippen molar-refractivity contribution in [3.8, 4) is 0 Å². The minimum Gasteiger partial charge on any atom is -0.394 e. The minimum atomic E-state index is -0.0234. The minimum absolute atomic E-state index is 0.0234. The van der Waals surface area contributed by atoms with Gasteiger partial charge >= 0.3 is 0 Å². The van der Waals surface area contributed by atoms with Crippen LogP contribution in [0.15, 0.2) is 0 Å². The van der Waals surface area contributed by atoms with E-state index in [9.17, 15) is 5.11 Å². The van der Waals surface area contributed by atoms with Gasteiger partial charge in [-0.05, 0) is 45.7 Å². The normalized spacial score (nSPS) is 31.4. The number of aliphatic hydroxyl groups is 1. The summed E-state index contributed by atoms with van der Waals surface area (Å²) in [6.07, 6.45) is 3.36. The molecule has 0 aromatic heterocycles. The first-order chi connectivity index (χ1) is 7.95. The zero-order chi connectivity index (χ0) is 13.1. The van der Waals surface area contributed by atoms with Crippen LogP contribution in [-0.2, 0) is 0 Å². The Morgan fingerprint density at radius 1 is 1.41 bits per heavy atom. The Bertz CT molecular complexity index is 232. The van der Waals surface area contributed by atoms with Gasteiger partial charge in [0.1, 0.15) is 0 Å². The fourth-order valence-corrected chi connectivity index (χ4v) is 2.98. The molecule has 2 N–H and O–H groups in total. The van der Waals surface area contributed by atoms with Crippen LogP contribution >= 0.6 is 0 Å². The first-order valence-electron chi connectivity index (χ1n) is 7.03. The average Bonchev–Trinajstić information content (AvgIpc) is 2.72. The molecule has 0 saturated heterocycles. The van der Waals surface area contributed by atoms with Crippen molar-refractivity contribution >= 4 is 0 Å². The lowest BCUT2D eigenvalue weighted by molar-refractivity contribution is 0.124. The second kappa shape index (κ2) is 6.17. The summed E-state index contributed by atoms with van der Waals surface area (Å²) in [6, 6.07) is 1.22. The van der Waals surface area contributed by atoms with Crippen molar-refractivity contribution in [3.63, 3.8) is 0 Å². The van der Waals surface area contributed by atoms with Gasteiger partial charge in [-0.1, -0.05) is 20.8 Å². The summed E-state index contributed by atoms with van der Waals surface area (Å²) in [6.45, 7) is 10.2. The molecule has 0 heterocycles. The fraction of sp³-hybridized carbons (Fsp3) is 1.00. The summed E-state index contributed by atoms with van der Waals surface area (Å²) in [4.78, 5) is 2.50. The molecule has 3 nitrogen and oxygen atoms in total.